The summed E-state index contributed by atoms with van der Waals surface area (Å²) < 4.78 is 4.94. The molecule has 3 rings (SSSR count). The molecule has 2 heterocycles. The van der Waals surface area contributed by atoms with Crippen LogP contribution in [0.15, 0.2) is 64.6 Å². The zero-order valence-corrected chi connectivity index (χ0v) is 12.2. The Morgan fingerprint density at radius 3 is 2.54 bits per heavy atom. The van der Waals surface area contributed by atoms with Crippen molar-refractivity contribution in [1.82, 2.24) is 5.43 Å². The lowest BCUT2D eigenvalue weighted by molar-refractivity contribution is -0.402. The first-order chi connectivity index (χ1) is 11.6. The molecule has 24 heavy (non-hydrogen) atoms. The Hall–Kier alpha value is -3.68. The molecule has 1 aromatic heterocycles. The van der Waals surface area contributed by atoms with E-state index in [1.165, 1.54) is 30.4 Å². The van der Waals surface area contributed by atoms with E-state index in [9.17, 15) is 19.7 Å². The fourth-order valence-corrected chi connectivity index (χ4v) is 2.11. The highest BCUT2D eigenvalue weighted by atomic mass is 16.6. The number of hydrogen-bond acceptors (Lipinski definition) is 5. The zero-order valence-electron chi connectivity index (χ0n) is 12.2. The van der Waals surface area contributed by atoms with Gasteiger partial charge in [-0.1, -0.05) is 24.3 Å². The molecule has 1 aromatic carbocycles. The van der Waals surface area contributed by atoms with Gasteiger partial charge in [-0.3, -0.25) is 25.1 Å². The minimum atomic E-state index is -0.651. The van der Waals surface area contributed by atoms with Gasteiger partial charge in [0.2, 0.25) is 0 Å². The number of nitro groups is 1. The molecule has 0 atom stereocenters. The first kappa shape index (κ1) is 15.2. The number of nitrogens with one attached hydrogen (secondary N) is 1. The lowest BCUT2D eigenvalue weighted by Gasteiger charge is -2.13. The molecule has 8 nitrogen and oxygen atoms in total. The lowest BCUT2D eigenvalue weighted by atomic mass is 10.2. The van der Waals surface area contributed by atoms with Crippen LogP contribution in [0.5, 0.6) is 0 Å². The second kappa shape index (κ2) is 6.21. The fourth-order valence-electron chi connectivity index (χ4n) is 2.11. The molecule has 0 aliphatic carbocycles. The molecule has 1 aliphatic heterocycles. The fraction of sp³-hybridized carbons (Fsp3) is 0. The van der Waals surface area contributed by atoms with Crippen LogP contribution in [0.25, 0.3) is 6.08 Å². The third-order valence-corrected chi connectivity index (χ3v) is 3.22. The molecule has 1 fully saturated rings. The van der Waals surface area contributed by atoms with Crippen molar-refractivity contribution in [3.05, 3.63) is 76.1 Å². The maximum atomic E-state index is 12.3. The van der Waals surface area contributed by atoms with Crippen molar-refractivity contribution < 1.29 is 18.9 Å². The summed E-state index contributed by atoms with van der Waals surface area (Å²) in [6.07, 6.45) is 4.17. The summed E-state index contributed by atoms with van der Waals surface area (Å²) in [6.45, 7) is 0. The van der Waals surface area contributed by atoms with Gasteiger partial charge in [-0.25, -0.2) is 5.01 Å². The van der Waals surface area contributed by atoms with E-state index in [0.29, 0.717) is 5.69 Å². The third kappa shape index (κ3) is 2.93. The summed E-state index contributed by atoms with van der Waals surface area (Å²) in [5.41, 5.74) is 2.97. The smallest absolute Gasteiger partial charge is 0.401 e. The predicted octanol–water partition coefficient (Wildman–Crippen LogP) is 2.21. The SMILES string of the molecule is O=C1NN(c2ccccc2)C(=O)/C1=C\C=C\c1ccc([N+](=O)[O-])o1. The molecular weight excluding hydrogens is 314 g/mol. The molecule has 2 amide bonds. The number of benzene rings is 1. The first-order valence-electron chi connectivity index (χ1n) is 6.89. The Morgan fingerprint density at radius 2 is 1.88 bits per heavy atom. The van der Waals surface area contributed by atoms with E-state index >= 15 is 0 Å². The molecule has 1 N–H and O–H groups in total. The number of nitrogens with zero attached hydrogens (tertiary/aromatic N) is 2. The Balaban J connectivity index is 1.77. The number of furan rings is 1. The molecule has 0 spiro atoms. The maximum absolute atomic E-state index is 12.3. The van der Waals surface area contributed by atoms with Crippen molar-refractivity contribution >= 4 is 29.5 Å². The third-order valence-electron chi connectivity index (χ3n) is 3.22. The van der Waals surface area contributed by atoms with Gasteiger partial charge in [-0.15, -0.1) is 0 Å². The van der Waals surface area contributed by atoms with Gasteiger partial charge in [0.25, 0.3) is 11.8 Å². The standard InChI is InChI=1S/C16H11N3O5/c20-15-13(8-4-7-12-9-10-14(24-12)19(22)23)16(21)18(17-15)11-5-2-1-3-6-11/h1-10H,(H,17,20)/b7-4+,13-8-. The molecule has 1 aliphatic rings. The second-order valence-corrected chi connectivity index (χ2v) is 4.79. The van der Waals surface area contributed by atoms with E-state index in [-0.39, 0.29) is 17.2 Å². The van der Waals surface area contributed by atoms with Crippen LogP contribution in [0.1, 0.15) is 5.76 Å². The normalized spacial score (nSPS) is 16.2. The number of hydrogen-bond donors (Lipinski definition) is 1. The van der Waals surface area contributed by atoms with E-state index < -0.39 is 16.7 Å². The van der Waals surface area contributed by atoms with Crippen molar-refractivity contribution in [2.45, 2.75) is 0 Å². The van der Waals surface area contributed by atoms with Gasteiger partial charge in [-0.2, -0.15) is 0 Å². The number of carbonyl (C=O) groups excluding carboxylic acids is 2. The molecule has 0 unspecified atom stereocenters. The highest BCUT2D eigenvalue weighted by Crippen LogP contribution is 2.20. The number of carbonyl (C=O) groups is 2. The second-order valence-electron chi connectivity index (χ2n) is 4.79. The predicted molar refractivity (Wildman–Crippen MR) is 84.6 cm³/mol. The monoisotopic (exact) mass is 325 g/mol. The number of para-hydroxylation sites is 1. The zero-order chi connectivity index (χ0) is 17.1. The van der Waals surface area contributed by atoms with Crippen molar-refractivity contribution in [3.8, 4) is 0 Å². The van der Waals surface area contributed by atoms with Crippen molar-refractivity contribution in [3.63, 3.8) is 0 Å². The summed E-state index contributed by atoms with van der Waals surface area (Å²) in [5, 5.41) is 11.7. The van der Waals surface area contributed by atoms with E-state index in [1.54, 1.807) is 30.3 Å². The number of hydrazine groups is 1. The van der Waals surface area contributed by atoms with Crippen molar-refractivity contribution in [2.24, 2.45) is 0 Å². The Labute approximate surface area is 135 Å². The quantitative estimate of drug-likeness (QED) is 0.401. The minimum Gasteiger partial charge on any atom is -0.401 e. The Bertz CT molecular complexity index is 867. The van der Waals surface area contributed by atoms with Crippen LogP contribution < -0.4 is 10.4 Å². The Kier molecular flexibility index (Phi) is 3.94. The first-order valence-corrected chi connectivity index (χ1v) is 6.89. The summed E-state index contributed by atoms with van der Waals surface area (Å²) in [5.74, 6) is -1.16. The summed E-state index contributed by atoms with van der Waals surface area (Å²) in [7, 11) is 0. The van der Waals surface area contributed by atoms with Crippen molar-refractivity contribution in [1.29, 1.82) is 0 Å². The van der Waals surface area contributed by atoms with Gasteiger partial charge in [-0.05, 0) is 30.4 Å². The van der Waals surface area contributed by atoms with Crippen LogP contribution in [-0.2, 0) is 9.59 Å². The van der Waals surface area contributed by atoms with Gasteiger partial charge in [0.15, 0.2) is 0 Å². The average molecular weight is 325 g/mol. The maximum Gasteiger partial charge on any atom is 0.433 e. The average Bonchev–Trinajstić information content (AvgIpc) is 3.15. The lowest BCUT2D eigenvalue weighted by Crippen LogP contribution is -2.35. The van der Waals surface area contributed by atoms with Crippen LogP contribution in [0.3, 0.4) is 0 Å². The van der Waals surface area contributed by atoms with Crippen LogP contribution in [0, 0.1) is 10.1 Å². The van der Waals surface area contributed by atoms with Gasteiger partial charge in [0, 0.05) is 0 Å². The van der Waals surface area contributed by atoms with E-state index in [1.807, 2.05) is 0 Å². The number of anilines is 1. The van der Waals surface area contributed by atoms with E-state index in [2.05, 4.69) is 5.43 Å². The highest BCUT2D eigenvalue weighted by molar-refractivity contribution is 6.29. The number of rotatable bonds is 4. The molecule has 0 radical (unpaired) electrons. The van der Waals surface area contributed by atoms with Crippen molar-refractivity contribution in [2.75, 3.05) is 5.01 Å². The summed E-state index contributed by atoms with van der Waals surface area (Å²) in [4.78, 5) is 34.1. The molecule has 1 saturated heterocycles. The van der Waals surface area contributed by atoms with Gasteiger partial charge >= 0.3 is 5.88 Å². The largest absolute Gasteiger partial charge is 0.433 e. The molecule has 8 heteroatoms. The molecule has 0 saturated carbocycles. The van der Waals surface area contributed by atoms with Crippen LogP contribution in [0.2, 0.25) is 0 Å². The van der Waals surface area contributed by atoms with Crippen LogP contribution in [-0.4, -0.2) is 16.7 Å². The van der Waals surface area contributed by atoms with Gasteiger partial charge in [0.05, 0.1) is 11.8 Å². The topological polar surface area (TPSA) is 106 Å². The van der Waals surface area contributed by atoms with Gasteiger partial charge in [0.1, 0.15) is 16.3 Å². The Morgan fingerprint density at radius 1 is 1.12 bits per heavy atom. The van der Waals surface area contributed by atoms with E-state index in [0.717, 1.165) is 5.01 Å². The number of allylic oxidation sites excluding steroid dienone is 2. The molecule has 0 bridgehead atoms. The summed E-state index contributed by atoms with van der Waals surface area (Å²) >= 11 is 0. The molecule has 120 valence electrons. The minimum absolute atomic E-state index is 0.0452. The highest BCUT2D eigenvalue weighted by Gasteiger charge is 2.33. The van der Waals surface area contributed by atoms with E-state index in [4.69, 9.17) is 4.42 Å². The van der Waals surface area contributed by atoms with Crippen LogP contribution >= 0.6 is 0 Å². The van der Waals surface area contributed by atoms with Crippen LogP contribution in [0.4, 0.5) is 11.6 Å². The molecular formula is C16H11N3O5. The van der Waals surface area contributed by atoms with Gasteiger partial charge < -0.3 is 4.42 Å². The summed E-state index contributed by atoms with van der Waals surface area (Å²) in [6, 6.07) is 11.3. The molecule has 2 aromatic rings. The number of amides is 2.